The summed E-state index contributed by atoms with van der Waals surface area (Å²) in [4.78, 5) is 26.0. The average molecular weight is 265 g/mol. The Labute approximate surface area is 107 Å². The molecule has 0 unspecified atom stereocenters. The van der Waals surface area contributed by atoms with E-state index in [0.717, 1.165) is 0 Å². The molecule has 19 heavy (non-hydrogen) atoms. The summed E-state index contributed by atoms with van der Waals surface area (Å²) in [6, 6.07) is 0. The van der Waals surface area contributed by atoms with Crippen LogP contribution in [0.4, 0.5) is 16.7 Å². The van der Waals surface area contributed by atoms with Gasteiger partial charge in [0.1, 0.15) is 19.3 Å². The lowest BCUT2D eigenvalue weighted by Crippen LogP contribution is -2.19. The van der Waals surface area contributed by atoms with Gasteiger partial charge in [-0.3, -0.25) is 0 Å². The van der Waals surface area contributed by atoms with Gasteiger partial charge in [0.05, 0.1) is 6.54 Å². The standard InChI is InChI=1S/C8H11N9O2/c9-5-14-7(12-1-2-19-6(10)18)16-8(15-5)17-4-11-3-13-17/h3-4H,1-2H2,(H2,10,18)(H3,9,12,14,15,16). The molecule has 0 atom stereocenters. The molecule has 11 heteroatoms. The van der Waals surface area contributed by atoms with E-state index < -0.39 is 6.09 Å². The topological polar surface area (TPSA) is 160 Å². The Balaban J connectivity index is 2.03. The zero-order valence-electron chi connectivity index (χ0n) is 9.72. The van der Waals surface area contributed by atoms with E-state index in [4.69, 9.17) is 11.5 Å². The third kappa shape index (κ3) is 3.49. The minimum absolute atomic E-state index is 0.0267. The highest BCUT2D eigenvalue weighted by atomic mass is 16.5. The average Bonchev–Trinajstić information content (AvgIpc) is 2.87. The van der Waals surface area contributed by atoms with Gasteiger partial charge in [0.25, 0.3) is 5.95 Å². The second kappa shape index (κ2) is 5.57. The van der Waals surface area contributed by atoms with Crippen LogP contribution < -0.4 is 16.8 Å². The number of carbonyl (C=O) groups excluding carboxylic acids is 1. The van der Waals surface area contributed by atoms with Gasteiger partial charge in [-0.05, 0) is 0 Å². The first kappa shape index (κ1) is 12.5. The first-order valence-corrected chi connectivity index (χ1v) is 5.18. The smallest absolute Gasteiger partial charge is 0.404 e. The van der Waals surface area contributed by atoms with Crippen LogP contribution in [-0.2, 0) is 4.74 Å². The summed E-state index contributed by atoms with van der Waals surface area (Å²) in [6.07, 6.45) is 1.92. The molecule has 0 aliphatic carbocycles. The summed E-state index contributed by atoms with van der Waals surface area (Å²) in [5, 5.41) is 6.68. The van der Waals surface area contributed by atoms with Crippen molar-refractivity contribution >= 4 is 18.0 Å². The normalized spacial score (nSPS) is 10.1. The van der Waals surface area contributed by atoms with Crippen molar-refractivity contribution in [3.8, 4) is 5.95 Å². The predicted octanol–water partition coefficient (Wildman–Crippen LogP) is -1.46. The van der Waals surface area contributed by atoms with Gasteiger partial charge in [0, 0.05) is 0 Å². The van der Waals surface area contributed by atoms with Crippen molar-refractivity contribution < 1.29 is 9.53 Å². The Morgan fingerprint density at radius 2 is 2.26 bits per heavy atom. The van der Waals surface area contributed by atoms with Gasteiger partial charge in [-0.2, -0.15) is 24.7 Å². The third-order valence-corrected chi connectivity index (χ3v) is 1.89. The number of carbonyl (C=O) groups is 1. The lowest BCUT2D eigenvalue weighted by Gasteiger charge is -2.06. The van der Waals surface area contributed by atoms with Crippen molar-refractivity contribution in [3.63, 3.8) is 0 Å². The van der Waals surface area contributed by atoms with Crippen LogP contribution >= 0.6 is 0 Å². The van der Waals surface area contributed by atoms with Gasteiger partial charge in [-0.25, -0.2) is 9.78 Å². The predicted molar refractivity (Wildman–Crippen MR) is 63.2 cm³/mol. The first-order valence-electron chi connectivity index (χ1n) is 5.18. The van der Waals surface area contributed by atoms with Crippen LogP contribution in [0.2, 0.25) is 0 Å². The van der Waals surface area contributed by atoms with Gasteiger partial charge in [-0.15, -0.1) is 0 Å². The quantitative estimate of drug-likeness (QED) is 0.549. The molecular weight excluding hydrogens is 254 g/mol. The number of nitrogens with two attached hydrogens (primary N) is 2. The highest BCUT2D eigenvalue weighted by Crippen LogP contribution is 2.05. The molecule has 2 aromatic heterocycles. The van der Waals surface area contributed by atoms with E-state index in [1.807, 2.05) is 0 Å². The van der Waals surface area contributed by atoms with Crippen LogP contribution in [0.1, 0.15) is 0 Å². The third-order valence-electron chi connectivity index (χ3n) is 1.89. The van der Waals surface area contributed by atoms with E-state index in [2.05, 4.69) is 35.1 Å². The monoisotopic (exact) mass is 265 g/mol. The molecule has 11 nitrogen and oxygen atoms in total. The van der Waals surface area contributed by atoms with E-state index >= 15 is 0 Å². The molecule has 0 bridgehead atoms. The molecule has 100 valence electrons. The molecule has 0 aliphatic heterocycles. The lowest BCUT2D eigenvalue weighted by molar-refractivity contribution is 0.161. The minimum atomic E-state index is -0.847. The number of anilines is 2. The van der Waals surface area contributed by atoms with E-state index in [-0.39, 0.29) is 31.0 Å². The molecule has 0 saturated heterocycles. The maximum Gasteiger partial charge on any atom is 0.404 e. The molecule has 1 amide bonds. The Kier molecular flexibility index (Phi) is 3.66. The summed E-state index contributed by atoms with van der Waals surface area (Å²) in [7, 11) is 0. The molecule has 0 saturated carbocycles. The summed E-state index contributed by atoms with van der Waals surface area (Å²) < 4.78 is 5.88. The van der Waals surface area contributed by atoms with Crippen LogP contribution in [-0.4, -0.2) is 49.0 Å². The highest BCUT2D eigenvalue weighted by molar-refractivity contribution is 5.64. The summed E-state index contributed by atoms with van der Waals surface area (Å²) in [6.45, 7) is 0.364. The minimum Gasteiger partial charge on any atom is -0.448 e. The molecule has 2 heterocycles. The van der Waals surface area contributed by atoms with Crippen molar-refractivity contribution in [2.24, 2.45) is 5.73 Å². The maximum atomic E-state index is 10.4. The summed E-state index contributed by atoms with van der Waals surface area (Å²) >= 11 is 0. The molecule has 0 aliphatic rings. The largest absolute Gasteiger partial charge is 0.448 e. The van der Waals surface area contributed by atoms with Crippen molar-refractivity contribution in [1.82, 2.24) is 29.7 Å². The number of nitrogens with zero attached hydrogens (tertiary/aromatic N) is 6. The number of aromatic nitrogens is 6. The first-order chi connectivity index (χ1) is 9.15. The Morgan fingerprint density at radius 1 is 1.42 bits per heavy atom. The Bertz CT molecular complexity index is 555. The van der Waals surface area contributed by atoms with E-state index in [9.17, 15) is 4.79 Å². The molecule has 2 rings (SSSR count). The van der Waals surface area contributed by atoms with E-state index in [1.165, 1.54) is 17.3 Å². The number of nitrogens with one attached hydrogen (secondary N) is 1. The van der Waals surface area contributed by atoms with E-state index in [0.29, 0.717) is 0 Å². The van der Waals surface area contributed by atoms with Gasteiger partial charge < -0.3 is 21.5 Å². The van der Waals surface area contributed by atoms with Gasteiger partial charge in [0.2, 0.25) is 11.9 Å². The lowest BCUT2D eigenvalue weighted by atomic mass is 10.6. The SMILES string of the molecule is NC(=O)OCCNc1nc(N)nc(-n2cncn2)n1. The van der Waals surface area contributed by atoms with Gasteiger partial charge in [-0.1, -0.05) is 0 Å². The zero-order valence-corrected chi connectivity index (χ0v) is 9.72. The zero-order chi connectivity index (χ0) is 13.7. The Morgan fingerprint density at radius 3 is 2.95 bits per heavy atom. The number of ether oxygens (including phenoxy) is 1. The van der Waals surface area contributed by atoms with Crippen molar-refractivity contribution in [3.05, 3.63) is 12.7 Å². The number of hydrogen-bond acceptors (Lipinski definition) is 9. The highest BCUT2D eigenvalue weighted by Gasteiger charge is 2.06. The number of amides is 1. The van der Waals surface area contributed by atoms with E-state index in [1.54, 1.807) is 0 Å². The van der Waals surface area contributed by atoms with Gasteiger partial charge >= 0.3 is 6.09 Å². The summed E-state index contributed by atoms with van der Waals surface area (Å²) in [5.41, 5.74) is 10.4. The second-order valence-corrected chi connectivity index (χ2v) is 3.25. The van der Waals surface area contributed by atoms with Gasteiger partial charge in [0.15, 0.2) is 0 Å². The second-order valence-electron chi connectivity index (χ2n) is 3.25. The number of rotatable bonds is 5. The van der Waals surface area contributed by atoms with Crippen LogP contribution in [0.5, 0.6) is 0 Å². The number of primary amides is 1. The molecule has 2 aromatic rings. The van der Waals surface area contributed by atoms with Crippen molar-refractivity contribution in [1.29, 1.82) is 0 Å². The summed E-state index contributed by atoms with van der Waals surface area (Å²) in [5.74, 6) is 0.480. The van der Waals surface area contributed by atoms with Crippen molar-refractivity contribution in [2.75, 3.05) is 24.2 Å². The van der Waals surface area contributed by atoms with Crippen LogP contribution in [0, 0.1) is 0 Å². The fraction of sp³-hybridized carbons (Fsp3) is 0.250. The molecule has 0 spiro atoms. The fourth-order valence-electron chi connectivity index (χ4n) is 1.19. The number of hydrogen-bond donors (Lipinski definition) is 3. The molecular formula is C8H11N9O2. The van der Waals surface area contributed by atoms with Crippen LogP contribution in [0.25, 0.3) is 5.95 Å². The van der Waals surface area contributed by atoms with Crippen molar-refractivity contribution in [2.45, 2.75) is 0 Å². The number of nitrogen functional groups attached to an aromatic ring is 1. The Hall–Kier alpha value is -2.98. The molecule has 5 N–H and O–H groups in total. The molecule has 0 aromatic carbocycles. The fourth-order valence-corrected chi connectivity index (χ4v) is 1.19. The van der Waals surface area contributed by atoms with Crippen LogP contribution in [0.15, 0.2) is 12.7 Å². The van der Waals surface area contributed by atoms with Crippen LogP contribution in [0.3, 0.4) is 0 Å². The molecule has 0 radical (unpaired) electrons. The maximum absolute atomic E-state index is 10.4. The molecule has 0 fully saturated rings.